The van der Waals surface area contributed by atoms with Gasteiger partial charge >= 0.3 is 0 Å². The fourth-order valence-electron chi connectivity index (χ4n) is 1.53. The third-order valence-electron chi connectivity index (χ3n) is 2.47. The van der Waals surface area contributed by atoms with Crippen LogP contribution in [-0.4, -0.2) is 0 Å². The maximum Gasteiger partial charge on any atom is -0.0623 e. The number of hydrogen-bond acceptors (Lipinski definition) is 0. The van der Waals surface area contributed by atoms with E-state index in [0.29, 0.717) is 0 Å². The third-order valence-corrected chi connectivity index (χ3v) is 2.47. The molecule has 0 radical (unpaired) electrons. The van der Waals surface area contributed by atoms with Crippen molar-refractivity contribution in [2.45, 2.75) is 13.8 Å². The molecule has 66 valence electrons. The van der Waals surface area contributed by atoms with E-state index in [0.717, 1.165) is 0 Å². The molecular formula is C13H13-. The van der Waals surface area contributed by atoms with Crippen LogP contribution >= 0.6 is 0 Å². The van der Waals surface area contributed by atoms with E-state index < -0.39 is 0 Å². The van der Waals surface area contributed by atoms with E-state index in [-0.39, 0.29) is 0 Å². The van der Waals surface area contributed by atoms with Gasteiger partial charge in [0.1, 0.15) is 0 Å². The second-order valence-corrected chi connectivity index (χ2v) is 3.48. The monoisotopic (exact) mass is 169 g/mol. The normalized spacial score (nSPS) is 10.3. The highest BCUT2D eigenvalue weighted by Gasteiger charge is 1.91. The van der Waals surface area contributed by atoms with E-state index in [2.05, 4.69) is 50.2 Å². The summed E-state index contributed by atoms with van der Waals surface area (Å²) >= 11 is 0. The van der Waals surface area contributed by atoms with Crippen LogP contribution in [0.1, 0.15) is 11.1 Å². The molecule has 0 aromatic heterocycles. The Morgan fingerprint density at radius 1 is 1.00 bits per heavy atom. The molecule has 2 aromatic rings. The highest BCUT2D eigenvalue weighted by molar-refractivity contribution is 5.66. The standard InChI is InChI=1S/C13H13/c1-10-8-13(9-11(10)2)12-6-4-3-5-7-12/h3-9H,1-2H3/q-1. The molecule has 0 nitrogen and oxygen atoms in total. The van der Waals surface area contributed by atoms with Crippen molar-refractivity contribution in [3.05, 3.63) is 53.6 Å². The van der Waals surface area contributed by atoms with E-state index >= 15 is 0 Å². The largest absolute Gasteiger partial charge is 0.203 e. The maximum absolute atomic E-state index is 2.24. The third kappa shape index (κ3) is 1.52. The molecule has 0 N–H and O–H groups in total. The summed E-state index contributed by atoms with van der Waals surface area (Å²) in [6, 6.07) is 15.0. The Hall–Kier alpha value is -1.43. The zero-order valence-corrected chi connectivity index (χ0v) is 8.04. The molecule has 2 aromatic carbocycles. The van der Waals surface area contributed by atoms with Gasteiger partial charge in [-0.15, -0.1) is 0 Å². The van der Waals surface area contributed by atoms with Crippen molar-refractivity contribution in [3.63, 3.8) is 0 Å². The summed E-state index contributed by atoms with van der Waals surface area (Å²) in [5.41, 5.74) is 5.38. The molecule has 0 unspecified atom stereocenters. The number of aryl methyl sites for hydroxylation is 2. The molecule has 0 aliphatic rings. The Bertz CT molecular complexity index is 374. The highest BCUT2D eigenvalue weighted by Crippen LogP contribution is 2.24. The average Bonchev–Trinajstić information content (AvgIpc) is 2.49. The lowest BCUT2D eigenvalue weighted by molar-refractivity contribution is 1.41. The minimum absolute atomic E-state index is 1.30. The van der Waals surface area contributed by atoms with Crippen molar-refractivity contribution in [2.24, 2.45) is 0 Å². The van der Waals surface area contributed by atoms with Gasteiger partial charge in [0, 0.05) is 0 Å². The Morgan fingerprint density at radius 2 is 1.69 bits per heavy atom. The van der Waals surface area contributed by atoms with Crippen LogP contribution in [0.2, 0.25) is 0 Å². The van der Waals surface area contributed by atoms with Crippen molar-refractivity contribution in [1.29, 1.82) is 0 Å². The van der Waals surface area contributed by atoms with Crippen LogP contribution in [-0.2, 0) is 0 Å². The SMILES string of the molecule is Cc1cc(-c2ccccc2)c[c-]1C. The summed E-state index contributed by atoms with van der Waals surface area (Å²) in [6.45, 7) is 4.31. The minimum atomic E-state index is 1.30. The van der Waals surface area contributed by atoms with Crippen LogP contribution in [0, 0.1) is 13.8 Å². The van der Waals surface area contributed by atoms with Crippen LogP contribution in [0.3, 0.4) is 0 Å². The molecule has 0 saturated heterocycles. The van der Waals surface area contributed by atoms with E-state index in [1.807, 2.05) is 6.07 Å². The van der Waals surface area contributed by atoms with Crippen molar-refractivity contribution in [2.75, 3.05) is 0 Å². The highest BCUT2D eigenvalue weighted by atomic mass is 14.1. The Morgan fingerprint density at radius 3 is 2.23 bits per heavy atom. The molecule has 0 heteroatoms. The van der Waals surface area contributed by atoms with E-state index in [4.69, 9.17) is 0 Å². The first-order chi connectivity index (χ1) is 6.27. The van der Waals surface area contributed by atoms with Crippen LogP contribution in [0.15, 0.2) is 42.5 Å². The molecule has 0 saturated carbocycles. The van der Waals surface area contributed by atoms with Crippen LogP contribution in [0.25, 0.3) is 11.1 Å². The quantitative estimate of drug-likeness (QED) is 0.571. The maximum atomic E-state index is 2.24. The van der Waals surface area contributed by atoms with E-state index in [9.17, 15) is 0 Å². The first kappa shape index (κ1) is 8.18. The second kappa shape index (κ2) is 3.14. The smallest absolute Gasteiger partial charge is 0.0623 e. The summed E-state index contributed by atoms with van der Waals surface area (Å²) in [5, 5.41) is 0. The summed E-state index contributed by atoms with van der Waals surface area (Å²) in [4.78, 5) is 0. The second-order valence-electron chi connectivity index (χ2n) is 3.48. The topological polar surface area (TPSA) is 0 Å². The van der Waals surface area contributed by atoms with Crippen molar-refractivity contribution < 1.29 is 0 Å². The average molecular weight is 169 g/mol. The number of hydrogen-bond donors (Lipinski definition) is 0. The molecular weight excluding hydrogens is 156 g/mol. The van der Waals surface area contributed by atoms with Crippen LogP contribution in [0.4, 0.5) is 0 Å². The zero-order valence-electron chi connectivity index (χ0n) is 8.04. The molecule has 0 heterocycles. The Labute approximate surface area is 79.2 Å². The van der Waals surface area contributed by atoms with Gasteiger partial charge in [-0.25, -0.2) is 6.07 Å². The zero-order chi connectivity index (χ0) is 9.26. The van der Waals surface area contributed by atoms with Gasteiger partial charge in [-0.1, -0.05) is 49.7 Å². The van der Waals surface area contributed by atoms with Crippen molar-refractivity contribution >= 4 is 0 Å². The van der Waals surface area contributed by atoms with Gasteiger partial charge in [-0.2, -0.15) is 22.8 Å². The predicted octanol–water partition coefficient (Wildman–Crippen LogP) is 3.69. The summed E-state index contributed by atoms with van der Waals surface area (Å²) < 4.78 is 0. The van der Waals surface area contributed by atoms with E-state index in [1.165, 1.54) is 22.3 Å². The molecule has 0 aliphatic carbocycles. The van der Waals surface area contributed by atoms with Crippen LogP contribution < -0.4 is 0 Å². The van der Waals surface area contributed by atoms with Gasteiger partial charge in [0.2, 0.25) is 0 Å². The lowest BCUT2D eigenvalue weighted by atomic mass is 10.1. The fraction of sp³-hybridized carbons (Fsp3) is 0.154. The molecule has 0 atom stereocenters. The molecule has 0 bridgehead atoms. The van der Waals surface area contributed by atoms with Crippen molar-refractivity contribution in [1.82, 2.24) is 0 Å². The summed E-state index contributed by atoms with van der Waals surface area (Å²) in [5.74, 6) is 0. The first-order valence-electron chi connectivity index (χ1n) is 4.57. The van der Waals surface area contributed by atoms with Gasteiger partial charge in [0.15, 0.2) is 0 Å². The number of benzene rings is 1. The lowest BCUT2D eigenvalue weighted by Gasteiger charge is -2.03. The van der Waals surface area contributed by atoms with Gasteiger partial charge < -0.3 is 0 Å². The first-order valence-corrected chi connectivity index (χ1v) is 4.57. The molecule has 13 heavy (non-hydrogen) atoms. The molecule has 2 rings (SSSR count). The van der Waals surface area contributed by atoms with Gasteiger partial charge in [-0.05, 0) is 0 Å². The summed E-state index contributed by atoms with van der Waals surface area (Å²) in [6.07, 6.45) is 0. The van der Waals surface area contributed by atoms with Crippen LogP contribution in [0.5, 0.6) is 0 Å². The Kier molecular flexibility index (Phi) is 1.97. The lowest BCUT2D eigenvalue weighted by Crippen LogP contribution is -1.69. The fourth-order valence-corrected chi connectivity index (χ4v) is 1.53. The van der Waals surface area contributed by atoms with Gasteiger partial charge in [-0.3, -0.25) is 0 Å². The van der Waals surface area contributed by atoms with Crippen molar-refractivity contribution in [3.8, 4) is 11.1 Å². The Balaban J connectivity index is 2.48. The number of rotatable bonds is 1. The molecule has 0 fully saturated rings. The van der Waals surface area contributed by atoms with Gasteiger partial charge in [0.25, 0.3) is 0 Å². The molecule has 0 aliphatic heterocycles. The predicted molar refractivity (Wildman–Crippen MR) is 56.9 cm³/mol. The summed E-state index contributed by atoms with van der Waals surface area (Å²) in [7, 11) is 0. The van der Waals surface area contributed by atoms with Gasteiger partial charge in [0.05, 0.1) is 0 Å². The van der Waals surface area contributed by atoms with E-state index in [1.54, 1.807) is 0 Å². The molecule has 0 amide bonds. The molecule has 0 spiro atoms. The minimum Gasteiger partial charge on any atom is -0.203 e.